The summed E-state index contributed by atoms with van der Waals surface area (Å²) in [6.45, 7) is 0. The van der Waals surface area contributed by atoms with Gasteiger partial charge in [-0.2, -0.15) is 0 Å². The predicted octanol–water partition coefficient (Wildman–Crippen LogP) is 11.3. The highest BCUT2D eigenvalue weighted by Crippen LogP contribution is 2.36. The zero-order valence-electron chi connectivity index (χ0n) is 36.4. The third-order valence-corrected chi connectivity index (χ3v) is 7.80. The van der Waals surface area contributed by atoms with Crippen LogP contribution in [0.5, 0.6) is 0 Å². The smallest absolute Gasteiger partial charge is 0.164 e. The monoisotopic (exact) mass is 613 g/mol. The van der Waals surface area contributed by atoms with Gasteiger partial charge in [0, 0.05) is 32.8 Å². The van der Waals surface area contributed by atoms with E-state index in [0.717, 1.165) is 11.1 Å². The van der Waals surface area contributed by atoms with Crippen molar-refractivity contribution in [2.75, 3.05) is 0 Å². The molecule has 0 saturated heterocycles. The Labute approximate surface area is 288 Å². The minimum Gasteiger partial charge on any atom is -0.455 e. The lowest BCUT2D eigenvalue weighted by Crippen LogP contribution is -2.00. The fourth-order valence-electron chi connectivity index (χ4n) is 5.47. The zero-order valence-corrected chi connectivity index (χ0v) is 24.4. The van der Waals surface area contributed by atoms with Gasteiger partial charge in [0.2, 0.25) is 0 Å². The number of hydrogen-bond donors (Lipinski definition) is 0. The molecule has 0 bridgehead atoms. The zero-order chi connectivity index (χ0) is 41.6. The molecular weight excluding hydrogens is 574 g/mol. The Morgan fingerprint density at radius 2 is 1.02 bits per heavy atom. The van der Waals surface area contributed by atoms with Gasteiger partial charge in [0.25, 0.3) is 0 Å². The Hall–Kier alpha value is -6.39. The molecule has 2 heterocycles. The summed E-state index contributed by atoms with van der Waals surface area (Å²) in [6, 6.07) is 21.4. The largest absolute Gasteiger partial charge is 0.455 e. The number of fused-ring (bicyclic) bond motifs is 5. The Kier molecular flexibility index (Phi) is 4.13. The van der Waals surface area contributed by atoms with E-state index in [9.17, 15) is 2.74 Å². The fraction of sp³-hybridized carbons (Fsp3) is 0. The maximum absolute atomic E-state index is 9.49. The van der Waals surface area contributed by atoms with E-state index < -0.39 is 72.5 Å². The summed E-state index contributed by atoms with van der Waals surface area (Å²) in [5, 5.41) is -0.437. The molecule has 4 nitrogen and oxygen atoms in total. The number of nitrogens with zero attached hydrogens (tertiary/aromatic N) is 3. The maximum Gasteiger partial charge on any atom is 0.164 e. The second-order valence-electron chi connectivity index (χ2n) is 10.7. The Bertz CT molecular complexity index is 3230. The van der Waals surface area contributed by atoms with Gasteiger partial charge in [0.15, 0.2) is 17.5 Å². The third-order valence-electron chi connectivity index (χ3n) is 7.80. The molecule has 9 rings (SSSR count). The van der Waals surface area contributed by atoms with Crippen molar-refractivity contribution in [3.63, 3.8) is 0 Å². The molecule has 0 unspecified atom stereocenters. The molecule has 0 atom stereocenters. The molecule has 0 N–H and O–H groups in total. The van der Waals surface area contributed by atoms with E-state index in [-0.39, 0.29) is 66.9 Å². The molecule has 7 aromatic carbocycles. The number of furan rings is 1. The molecular formula is C43H27N3O. The molecule has 0 saturated carbocycles. The van der Waals surface area contributed by atoms with Gasteiger partial charge in [0.05, 0.1) is 16.4 Å². The highest BCUT2D eigenvalue weighted by atomic mass is 16.3. The van der Waals surface area contributed by atoms with E-state index >= 15 is 0 Å². The molecule has 0 spiro atoms. The molecule has 9 aromatic rings. The van der Waals surface area contributed by atoms with Crippen molar-refractivity contribution in [3.05, 3.63) is 164 Å². The fourth-order valence-corrected chi connectivity index (χ4v) is 5.47. The van der Waals surface area contributed by atoms with Crippen LogP contribution in [0.1, 0.15) is 16.4 Å². The van der Waals surface area contributed by atoms with Crippen LogP contribution >= 0.6 is 0 Å². The number of hydrogen-bond acceptors (Lipinski definition) is 4. The van der Waals surface area contributed by atoms with Crippen LogP contribution < -0.4 is 0 Å². The number of benzene rings is 7. The second kappa shape index (κ2) is 11.2. The minimum atomic E-state index is -0.601. The molecule has 0 amide bonds. The van der Waals surface area contributed by atoms with Crippen LogP contribution in [0, 0.1) is 0 Å². The lowest BCUT2D eigenvalue weighted by molar-refractivity contribution is 0.672. The van der Waals surface area contributed by atoms with Crippen molar-refractivity contribution in [1.82, 2.24) is 15.0 Å². The van der Waals surface area contributed by atoms with Crippen molar-refractivity contribution in [2.24, 2.45) is 0 Å². The van der Waals surface area contributed by atoms with Crippen molar-refractivity contribution in [3.8, 4) is 56.4 Å². The summed E-state index contributed by atoms with van der Waals surface area (Å²) in [4.78, 5) is 14.1. The summed E-state index contributed by atoms with van der Waals surface area (Å²) < 4.78 is 112. The minimum absolute atomic E-state index is 0.0811. The van der Waals surface area contributed by atoms with Gasteiger partial charge >= 0.3 is 0 Å². The number of rotatable bonds is 5. The molecule has 0 fully saturated rings. The van der Waals surface area contributed by atoms with Gasteiger partial charge in [-0.1, -0.05) is 133 Å². The van der Waals surface area contributed by atoms with Crippen LogP contribution in [0.25, 0.3) is 89.1 Å². The van der Waals surface area contributed by atoms with Gasteiger partial charge < -0.3 is 4.42 Å². The first-order chi connectivity index (χ1) is 28.3. The molecule has 4 heteroatoms. The van der Waals surface area contributed by atoms with Crippen LogP contribution in [0.2, 0.25) is 0 Å². The average molecular weight is 614 g/mol. The standard InChI is InChI=1S/C43H27N3O/c1-3-10-28(11-4-1)29-18-20-31(21-19-29)42-44-41(30-12-5-2-6-13-30)45-43(46-42)35-15-9-14-32(27-35)33-22-24-36-34(26-33)23-25-38-37-16-7-8-17-39(37)47-40(36)38/h1-27H/i7D,8D,9D,14D,15D,16D,17D,22D,23D,24D,25D,27D. The Balaban J connectivity index is 1.28. The highest BCUT2D eigenvalue weighted by Gasteiger charge is 2.14. The number of para-hydroxylation sites is 1. The van der Waals surface area contributed by atoms with Crippen LogP contribution in [0.4, 0.5) is 0 Å². The maximum atomic E-state index is 9.49. The van der Waals surface area contributed by atoms with E-state index in [1.807, 2.05) is 60.7 Å². The quantitative estimate of drug-likeness (QED) is 0.194. The Morgan fingerprint density at radius 3 is 1.79 bits per heavy atom. The molecule has 220 valence electrons. The van der Waals surface area contributed by atoms with Crippen LogP contribution in [-0.2, 0) is 0 Å². The first-order valence-corrected chi connectivity index (χ1v) is 14.7. The summed E-state index contributed by atoms with van der Waals surface area (Å²) in [7, 11) is 0. The topological polar surface area (TPSA) is 51.8 Å². The van der Waals surface area contributed by atoms with Gasteiger partial charge in [-0.25, -0.2) is 15.0 Å². The van der Waals surface area contributed by atoms with Crippen molar-refractivity contribution in [1.29, 1.82) is 0 Å². The van der Waals surface area contributed by atoms with Crippen molar-refractivity contribution >= 4 is 32.7 Å². The summed E-state index contributed by atoms with van der Waals surface area (Å²) >= 11 is 0. The van der Waals surface area contributed by atoms with E-state index in [4.69, 9.17) is 28.1 Å². The lowest BCUT2D eigenvalue weighted by Gasteiger charge is -2.10. The van der Waals surface area contributed by atoms with Crippen molar-refractivity contribution in [2.45, 2.75) is 0 Å². The van der Waals surface area contributed by atoms with Gasteiger partial charge in [-0.3, -0.25) is 0 Å². The van der Waals surface area contributed by atoms with Crippen LogP contribution in [0.3, 0.4) is 0 Å². The number of aromatic nitrogens is 3. The van der Waals surface area contributed by atoms with E-state index in [1.165, 1.54) is 6.07 Å². The van der Waals surface area contributed by atoms with Crippen LogP contribution in [0.15, 0.2) is 168 Å². The van der Waals surface area contributed by atoms with E-state index in [0.29, 0.717) is 11.1 Å². The SMILES string of the molecule is [2H]c1c([2H])c(-c2nc(-c3ccccc3)nc(-c3ccc(-c4ccccc4)cc3)n2)c([2H])c(-c2cc3c([2H])c([2H])c4c(oc5c([2H])c([2H])c([2H])c([2H])c54)c3c([2H])c2[2H])c1[2H]. The van der Waals surface area contributed by atoms with E-state index in [1.54, 1.807) is 24.3 Å². The molecule has 0 aliphatic carbocycles. The molecule has 2 aromatic heterocycles. The normalized spacial score (nSPS) is 15.0. The van der Waals surface area contributed by atoms with Gasteiger partial charge in [-0.05, 0) is 57.9 Å². The Morgan fingerprint density at radius 1 is 0.426 bits per heavy atom. The highest BCUT2D eigenvalue weighted by molar-refractivity contribution is 6.15. The molecule has 0 aliphatic rings. The van der Waals surface area contributed by atoms with Gasteiger partial charge in [0.1, 0.15) is 11.2 Å². The third kappa shape index (κ3) is 4.93. The molecule has 0 radical (unpaired) electrons. The lowest BCUT2D eigenvalue weighted by atomic mass is 9.98. The summed E-state index contributed by atoms with van der Waals surface area (Å²) in [5.74, 6) is 0.301. The molecule has 47 heavy (non-hydrogen) atoms. The predicted molar refractivity (Wildman–Crippen MR) is 192 cm³/mol. The first kappa shape index (κ1) is 17.3. The molecule has 0 aliphatic heterocycles. The van der Waals surface area contributed by atoms with E-state index in [2.05, 4.69) is 4.98 Å². The average Bonchev–Trinajstić information content (AvgIpc) is 3.66. The first-order valence-electron chi connectivity index (χ1n) is 20.7. The van der Waals surface area contributed by atoms with Crippen molar-refractivity contribution < 1.29 is 20.9 Å². The summed E-state index contributed by atoms with van der Waals surface area (Å²) in [6.07, 6.45) is 0. The summed E-state index contributed by atoms with van der Waals surface area (Å²) in [5.41, 5.74) is 2.01. The van der Waals surface area contributed by atoms with Gasteiger partial charge in [-0.15, -0.1) is 0 Å². The second-order valence-corrected chi connectivity index (χ2v) is 10.7. The van der Waals surface area contributed by atoms with Crippen LogP contribution in [-0.4, -0.2) is 15.0 Å².